The van der Waals surface area contributed by atoms with Crippen molar-refractivity contribution < 1.29 is 14.3 Å². The summed E-state index contributed by atoms with van der Waals surface area (Å²) in [6.07, 6.45) is 3.12. The molecule has 2 amide bonds. The van der Waals surface area contributed by atoms with Crippen LogP contribution in [0.4, 0.5) is 5.69 Å². The van der Waals surface area contributed by atoms with Crippen molar-refractivity contribution in [3.05, 3.63) is 59.7 Å². The second-order valence-corrected chi connectivity index (χ2v) is 7.47. The first-order valence-electron chi connectivity index (χ1n) is 9.04. The number of rotatable bonds is 7. The van der Waals surface area contributed by atoms with Crippen molar-refractivity contribution in [2.75, 3.05) is 23.9 Å². The third-order valence-electron chi connectivity index (χ3n) is 4.54. The maximum absolute atomic E-state index is 12.3. The number of hydrogen-bond acceptors (Lipinski definition) is 4. The minimum absolute atomic E-state index is 0.0287. The number of amides is 2. The topological polar surface area (TPSA) is 67.4 Å². The number of carbonyl (C=O) groups excluding carboxylic acids is 2. The lowest BCUT2D eigenvalue weighted by Gasteiger charge is -2.26. The van der Waals surface area contributed by atoms with E-state index >= 15 is 0 Å². The van der Waals surface area contributed by atoms with Gasteiger partial charge in [-0.15, -0.1) is 11.8 Å². The Labute approximate surface area is 163 Å². The number of thioether (sulfide) groups is 1. The molecule has 0 bridgehead atoms. The third kappa shape index (κ3) is 5.50. The van der Waals surface area contributed by atoms with Gasteiger partial charge in [0.1, 0.15) is 5.75 Å². The Morgan fingerprint density at radius 3 is 2.59 bits per heavy atom. The Kier molecular flexibility index (Phi) is 6.76. The number of aryl methyl sites for hydroxylation is 1. The summed E-state index contributed by atoms with van der Waals surface area (Å²) in [5, 5.41) is 5.92. The highest BCUT2D eigenvalue weighted by molar-refractivity contribution is 8.00. The number of fused-ring (bicyclic) bond motifs is 1. The highest BCUT2D eigenvalue weighted by atomic mass is 32.2. The van der Waals surface area contributed by atoms with Gasteiger partial charge in [0.15, 0.2) is 0 Å². The van der Waals surface area contributed by atoms with Gasteiger partial charge in [0.25, 0.3) is 0 Å². The molecule has 1 aliphatic carbocycles. The van der Waals surface area contributed by atoms with Gasteiger partial charge < -0.3 is 15.4 Å². The number of nitrogens with one attached hydrogen (secondary N) is 2. The normalized spacial score (nSPS) is 15.5. The van der Waals surface area contributed by atoms with E-state index in [0.717, 1.165) is 25.0 Å². The Bertz CT molecular complexity index is 792. The number of anilines is 1. The Morgan fingerprint density at radius 2 is 1.81 bits per heavy atom. The zero-order chi connectivity index (χ0) is 19.1. The van der Waals surface area contributed by atoms with Crippen LogP contribution in [0, 0.1) is 0 Å². The third-order valence-corrected chi connectivity index (χ3v) is 5.48. The fraction of sp³-hybridized carbons (Fsp3) is 0.333. The van der Waals surface area contributed by atoms with E-state index in [0.29, 0.717) is 5.69 Å². The first kappa shape index (κ1) is 19.3. The summed E-state index contributed by atoms with van der Waals surface area (Å²) in [4.78, 5) is 24.3. The molecular formula is C21H24N2O3S. The van der Waals surface area contributed by atoms with E-state index in [-0.39, 0.29) is 29.4 Å². The van der Waals surface area contributed by atoms with Crippen LogP contribution in [0.15, 0.2) is 48.5 Å². The van der Waals surface area contributed by atoms with Gasteiger partial charge in [-0.3, -0.25) is 9.59 Å². The first-order valence-corrected chi connectivity index (χ1v) is 10.2. The lowest BCUT2D eigenvalue weighted by atomic mass is 9.88. The molecule has 0 saturated heterocycles. The molecule has 2 N–H and O–H groups in total. The lowest BCUT2D eigenvalue weighted by Crippen LogP contribution is -2.32. The summed E-state index contributed by atoms with van der Waals surface area (Å²) in [5.41, 5.74) is 3.25. The summed E-state index contributed by atoms with van der Waals surface area (Å²) >= 11 is 1.32. The van der Waals surface area contributed by atoms with Crippen molar-refractivity contribution in [3.8, 4) is 5.75 Å². The Balaban J connectivity index is 1.41. The van der Waals surface area contributed by atoms with Gasteiger partial charge in [-0.05, 0) is 54.7 Å². The van der Waals surface area contributed by atoms with Gasteiger partial charge in [-0.1, -0.05) is 24.3 Å². The molecule has 2 aromatic carbocycles. The molecule has 0 fully saturated rings. The molecule has 1 atom stereocenters. The average molecular weight is 385 g/mol. The van der Waals surface area contributed by atoms with Crippen molar-refractivity contribution in [1.82, 2.24) is 5.32 Å². The molecule has 0 radical (unpaired) electrons. The van der Waals surface area contributed by atoms with E-state index in [1.165, 1.54) is 22.9 Å². The Hall–Kier alpha value is -2.47. The SMILES string of the molecule is COc1ccc(NC(=O)CSCC(=O)N[C@@H]2CCCc3ccccc32)cc1. The fourth-order valence-corrected chi connectivity index (χ4v) is 3.88. The maximum Gasteiger partial charge on any atom is 0.234 e. The van der Waals surface area contributed by atoms with E-state index in [1.54, 1.807) is 31.4 Å². The quantitative estimate of drug-likeness (QED) is 0.766. The van der Waals surface area contributed by atoms with Crippen molar-refractivity contribution in [3.63, 3.8) is 0 Å². The van der Waals surface area contributed by atoms with Crippen molar-refractivity contribution in [2.24, 2.45) is 0 Å². The van der Waals surface area contributed by atoms with Crippen LogP contribution in [0.5, 0.6) is 5.75 Å². The molecule has 0 aliphatic heterocycles. The summed E-state index contributed by atoms with van der Waals surface area (Å²) < 4.78 is 5.09. The molecular weight excluding hydrogens is 360 g/mol. The molecule has 6 heteroatoms. The average Bonchev–Trinajstić information content (AvgIpc) is 2.69. The Morgan fingerprint density at radius 1 is 1.07 bits per heavy atom. The largest absolute Gasteiger partial charge is 0.497 e. The minimum atomic E-state index is -0.124. The molecule has 142 valence electrons. The summed E-state index contributed by atoms with van der Waals surface area (Å²) in [6, 6.07) is 15.5. The van der Waals surface area contributed by atoms with Gasteiger partial charge in [0.05, 0.1) is 24.7 Å². The molecule has 0 aromatic heterocycles. The number of ether oxygens (including phenoxy) is 1. The van der Waals surface area contributed by atoms with Crippen LogP contribution in [-0.4, -0.2) is 30.4 Å². The molecule has 5 nitrogen and oxygen atoms in total. The van der Waals surface area contributed by atoms with Crippen molar-refractivity contribution in [1.29, 1.82) is 0 Å². The monoisotopic (exact) mass is 384 g/mol. The van der Waals surface area contributed by atoms with Gasteiger partial charge in [-0.2, -0.15) is 0 Å². The number of hydrogen-bond donors (Lipinski definition) is 2. The molecule has 3 rings (SSSR count). The van der Waals surface area contributed by atoms with Gasteiger partial charge in [0.2, 0.25) is 11.8 Å². The van der Waals surface area contributed by atoms with Gasteiger partial charge in [-0.25, -0.2) is 0 Å². The minimum Gasteiger partial charge on any atom is -0.497 e. The van der Waals surface area contributed by atoms with Crippen LogP contribution < -0.4 is 15.4 Å². The molecule has 0 unspecified atom stereocenters. The van der Waals surface area contributed by atoms with Gasteiger partial charge >= 0.3 is 0 Å². The molecule has 0 spiro atoms. The van der Waals surface area contributed by atoms with E-state index in [4.69, 9.17) is 4.74 Å². The van der Waals surface area contributed by atoms with Crippen LogP contribution in [0.25, 0.3) is 0 Å². The second kappa shape index (κ2) is 9.46. The highest BCUT2D eigenvalue weighted by Gasteiger charge is 2.21. The summed E-state index contributed by atoms with van der Waals surface area (Å²) in [5.74, 6) is 1.10. The summed E-state index contributed by atoms with van der Waals surface area (Å²) in [7, 11) is 1.60. The molecule has 27 heavy (non-hydrogen) atoms. The van der Waals surface area contributed by atoms with E-state index in [2.05, 4.69) is 22.8 Å². The predicted molar refractivity (Wildman–Crippen MR) is 109 cm³/mol. The predicted octanol–water partition coefficient (Wildman–Crippen LogP) is 3.56. The molecule has 0 saturated carbocycles. The van der Waals surface area contributed by atoms with E-state index < -0.39 is 0 Å². The van der Waals surface area contributed by atoms with Crippen LogP contribution >= 0.6 is 11.8 Å². The molecule has 2 aromatic rings. The number of methoxy groups -OCH3 is 1. The first-order chi connectivity index (χ1) is 13.2. The standard InChI is InChI=1S/C21H24N2O3S/c1-26-17-11-9-16(10-12-17)22-20(24)13-27-14-21(25)23-19-8-4-6-15-5-2-3-7-18(15)19/h2-3,5,7,9-12,19H,4,6,8,13-14H2,1H3,(H,22,24)(H,23,25)/t19-/m1/s1. The maximum atomic E-state index is 12.3. The highest BCUT2D eigenvalue weighted by Crippen LogP contribution is 2.29. The fourth-order valence-electron chi connectivity index (χ4n) is 3.25. The van der Waals surface area contributed by atoms with Crippen molar-refractivity contribution >= 4 is 29.3 Å². The van der Waals surface area contributed by atoms with E-state index in [9.17, 15) is 9.59 Å². The smallest absolute Gasteiger partial charge is 0.234 e. The van der Waals surface area contributed by atoms with E-state index in [1.807, 2.05) is 12.1 Å². The zero-order valence-corrected chi connectivity index (χ0v) is 16.2. The number of benzene rings is 2. The zero-order valence-electron chi connectivity index (χ0n) is 15.4. The summed E-state index contributed by atoms with van der Waals surface area (Å²) in [6.45, 7) is 0. The van der Waals surface area contributed by atoms with Crippen LogP contribution in [0.2, 0.25) is 0 Å². The molecule has 1 aliphatic rings. The van der Waals surface area contributed by atoms with Crippen LogP contribution in [0.1, 0.15) is 30.0 Å². The lowest BCUT2D eigenvalue weighted by molar-refractivity contribution is -0.119. The van der Waals surface area contributed by atoms with Crippen LogP contribution in [-0.2, 0) is 16.0 Å². The van der Waals surface area contributed by atoms with Gasteiger partial charge in [0, 0.05) is 5.69 Å². The van der Waals surface area contributed by atoms with Crippen molar-refractivity contribution in [2.45, 2.75) is 25.3 Å². The molecule has 0 heterocycles. The number of carbonyl (C=O) groups is 2. The second-order valence-electron chi connectivity index (χ2n) is 6.48. The van der Waals surface area contributed by atoms with Crippen LogP contribution in [0.3, 0.4) is 0 Å².